The van der Waals surface area contributed by atoms with Gasteiger partial charge >= 0.3 is 0 Å². The smallest absolute Gasteiger partial charge is 0.157 e. The lowest BCUT2D eigenvalue weighted by Gasteiger charge is -2.22. The maximum absolute atomic E-state index is 10.2. The van der Waals surface area contributed by atoms with E-state index >= 15 is 0 Å². The Hall–Kier alpha value is -1.30. The number of hydrogen-bond donors (Lipinski definition) is 4. The van der Waals surface area contributed by atoms with E-state index in [2.05, 4.69) is 10.2 Å². The summed E-state index contributed by atoms with van der Waals surface area (Å²) in [5.74, 6) is -0.374. The topological polar surface area (TPSA) is 76.0 Å². The van der Waals surface area contributed by atoms with Gasteiger partial charge in [0.2, 0.25) is 0 Å². The van der Waals surface area contributed by atoms with E-state index < -0.39 is 6.10 Å². The number of hydrogen-bond acceptors (Lipinski definition) is 5. The van der Waals surface area contributed by atoms with Gasteiger partial charge in [-0.25, -0.2) is 0 Å². The summed E-state index contributed by atoms with van der Waals surface area (Å²) in [4.78, 5) is 2.42. The van der Waals surface area contributed by atoms with Crippen molar-refractivity contribution in [1.82, 2.24) is 10.2 Å². The van der Waals surface area contributed by atoms with Gasteiger partial charge in [0.1, 0.15) is 0 Å². The summed E-state index contributed by atoms with van der Waals surface area (Å²) in [6, 6.07) is 4.31. The van der Waals surface area contributed by atoms with Crippen molar-refractivity contribution in [2.24, 2.45) is 0 Å². The maximum Gasteiger partial charge on any atom is 0.157 e. The van der Waals surface area contributed by atoms with Crippen LogP contribution >= 0.6 is 0 Å². The van der Waals surface area contributed by atoms with E-state index in [1.54, 1.807) is 6.07 Å². The number of nitrogens with one attached hydrogen (secondary N) is 1. The summed E-state index contributed by atoms with van der Waals surface area (Å²) in [6.45, 7) is 6.09. The normalized spacial score (nSPS) is 19.1. The van der Waals surface area contributed by atoms with E-state index in [1.807, 2.05) is 6.92 Å². The van der Waals surface area contributed by atoms with Crippen molar-refractivity contribution in [2.45, 2.75) is 31.9 Å². The summed E-state index contributed by atoms with van der Waals surface area (Å²) in [6.07, 6.45) is 1.86. The lowest BCUT2D eigenvalue weighted by molar-refractivity contribution is 0.134. The third kappa shape index (κ3) is 3.85. The molecule has 0 aromatic heterocycles. The zero-order valence-electron chi connectivity index (χ0n) is 11.9. The van der Waals surface area contributed by atoms with Crippen LogP contribution in [0.25, 0.3) is 0 Å². The molecule has 112 valence electrons. The van der Waals surface area contributed by atoms with Gasteiger partial charge in [0.05, 0.1) is 6.10 Å². The molecule has 0 bridgehead atoms. The van der Waals surface area contributed by atoms with Crippen LogP contribution in [-0.2, 0) is 0 Å². The number of aliphatic hydroxyl groups excluding tert-OH is 1. The lowest BCUT2D eigenvalue weighted by Crippen LogP contribution is -2.37. The average Bonchev–Trinajstić information content (AvgIpc) is 2.94. The number of likely N-dealkylation sites (tertiary alicyclic amines) is 1. The van der Waals surface area contributed by atoms with Crippen LogP contribution in [0.15, 0.2) is 18.2 Å². The molecule has 1 aliphatic heterocycles. The highest BCUT2D eigenvalue weighted by atomic mass is 16.3. The number of nitrogens with zero attached hydrogens (tertiary/aromatic N) is 1. The summed E-state index contributed by atoms with van der Waals surface area (Å²) in [5, 5.41) is 32.3. The van der Waals surface area contributed by atoms with Gasteiger partial charge in [0.25, 0.3) is 0 Å². The standard InChI is InChI=1S/C15H24N2O3/c1-11(16-6-9-17-7-2-3-8-17)15(20)12-4-5-13(18)14(19)10-12/h4-5,10-11,15-16,18-20H,2-3,6-9H2,1H3/t11-,15+/m1/s1. The molecule has 0 saturated carbocycles. The molecule has 2 rings (SSSR count). The van der Waals surface area contributed by atoms with E-state index in [4.69, 9.17) is 0 Å². The molecule has 20 heavy (non-hydrogen) atoms. The van der Waals surface area contributed by atoms with E-state index in [1.165, 1.54) is 38.1 Å². The average molecular weight is 280 g/mol. The van der Waals surface area contributed by atoms with Gasteiger partial charge in [-0.2, -0.15) is 0 Å². The van der Waals surface area contributed by atoms with Gasteiger partial charge in [0, 0.05) is 19.1 Å². The lowest BCUT2D eigenvalue weighted by atomic mass is 10.0. The van der Waals surface area contributed by atoms with E-state index in [9.17, 15) is 15.3 Å². The van der Waals surface area contributed by atoms with Gasteiger partial charge in [-0.3, -0.25) is 0 Å². The molecule has 0 aliphatic carbocycles. The molecular weight excluding hydrogens is 256 g/mol. The molecule has 0 radical (unpaired) electrons. The number of phenols is 2. The molecule has 0 amide bonds. The first-order valence-corrected chi connectivity index (χ1v) is 7.23. The molecule has 5 nitrogen and oxygen atoms in total. The highest BCUT2D eigenvalue weighted by Crippen LogP contribution is 2.28. The van der Waals surface area contributed by atoms with Crippen LogP contribution in [0.5, 0.6) is 11.5 Å². The van der Waals surface area contributed by atoms with Crippen LogP contribution in [0.3, 0.4) is 0 Å². The molecule has 1 aliphatic rings. The molecule has 0 unspecified atom stereocenters. The van der Waals surface area contributed by atoms with E-state index in [-0.39, 0.29) is 17.5 Å². The van der Waals surface area contributed by atoms with Crippen LogP contribution in [-0.4, -0.2) is 52.4 Å². The molecule has 1 saturated heterocycles. The monoisotopic (exact) mass is 280 g/mol. The van der Waals surface area contributed by atoms with Crippen molar-refractivity contribution in [3.05, 3.63) is 23.8 Å². The molecule has 1 aromatic carbocycles. The Bertz CT molecular complexity index is 433. The Balaban J connectivity index is 1.81. The highest BCUT2D eigenvalue weighted by molar-refractivity contribution is 5.41. The number of rotatable bonds is 6. The molecule has 2 atom stereocenters. The predicted octanol–water partition coefficient (Wildman–Crippen LogP) is 1.21. The van der Waals surface area contributed by atoms with E-state index in [0.717, 1.165) is 13.1 Å². The van der Waals surface area contributed by atoms with Crippen molar-refractivity contribution in [3.63, 3.8) is 0 Å². The second-order valence-electron chi connectivity index (χ2n) is 5.48. The minimum atomic E-state index is -0.708. The fourth-order valence-electron chi connectivity index (χ4n) is 2.58. The SMILES string of the molecule is C[C@@H](NCCN1CCCC1)[C@H](O)c1ccc(O)c(O)c1. The maximum atomic E-state index is 10.2. The van der Waals surface area contributed by atoms with E-state index in [0.29, 0.717) is 5.56 Å². The molecule has 1 aromatic rings. The minimum absolute atomic E-state index is 0.110. The van der Waals surface area contributed by atoms with Gasteiger partial charge in [-0.1, -0.05) is 6.07 Å². The number of aromatic hydroxyl groups is 2. The molecule has 5 heteroatoms. The van der Waals surface area contributed by atoms with Gasteiger partial charge in [-0.15, -0.1) is 0 Å². The summed E-state index contributed by atoms with van der Waals surface area (Å²) < 4.78 is 0. The van der Waals surface area contributed by atoms with Gasteiger partial charge < -0.3 is 25.5 Å². The van der Waals surface area contributed by atoms with Crippen molar-refractivity contribution in [3.8, 4) is 11.5 Å². The number of aliphatic hydroxyl groups is 1. The summed E-state index contributed by atoms with van der Waals surface area (Å²) in [5.41, 5.74) is 0.599. The number of benzene rings is 1. The fourth-order valence-corrected chi connectivity index (χ4v) is 2.58. The molecule has 0 spiro atoms. The quantitative estimate of drug-likeness (QED) is 0.589. The van der Waals surface area contributed by atoms with Crippen LogP contribution in [0.2, 0.25) is 0 Å². The van der Waals surface area contributed by atoms with Crippen molar-refractivity contribution >= 4 is 0 Å². The van der Waals surface area contributed by atoms with Crippen molar-refractivity contribution in [2.75, 3.05) is 26.2 Å². The fraction of sp³-hybridized carbons (Fsp3) is 0.600. The second-order valence-corrected chi connectivity index (χ2v) is 5.48. The van der Waals surface area contributed by atoms with Crippen molar-refractivity contribution in [1.29, 1.82) is 0 Å². The largest absolute Gasteiger partial charge is 0.504 e. The molecule has 4 N–H and O–H groups in total. The molecular formula is C15H24N2O3. The molecule has 1 fully saturated rings. The Kier molecular flexibility index (Phi) is 5.23. The third-order valence-corrected chi connectivity index (χ3v) is 3.91. The Morgan fingerprint density at radius 2 is 1.90 bits per heavy atom. The summed E-state index contributed by atoms with van der Waals surface area (Å²) >= 11 is 0. The van der Waals surface area contributed by atoms with Crippen LogP contribution in [0, 0.1) is 0 Å². The second kappa shape index (κ2) is 6.92. The zero-order chi connectivity index (χ0) is 14.5. The van der Waals surface area contributed by atoms with Crippen LogP contribution < -0.4 is 5.32 Å². The van der Waals surface area contributed by atoms with Crippen molar-refractivity contribution < 1.29 is 15.3 Å². The first-order valence-electron chi connectivity index (χ1n) is 7.23. The minimum Gasteiger partial charge on any atom is -0.504 e. The highest BCUT2D eigenvalue weighted by Gasteiger charge is 2.18. The Labute approximate surface area is 119 Å². The predicted molar refractivity (Wildman–Crippen MR) is 77.9 cm³/mol. The zero-order valence-corrected chi connectivity index (χ0v) is 11.9. The third-order valence-electron chi connectivity index (χ3n) is 3.91. The van der Waals surface area contributed by atoms with Crippen LogP contribution in [0.1, 0.15) is 31.4 Å². The van der Waals surface area contributed by atoms with Crippen LogP contribution in [0.4, 0.5) is 0 Å². The van der Waals surface area contributed by atoms with Gasteiger partial charge in [-0.05, 0) is 50.6 Å². The first kappa shape index (κ1) is 15.1. The number of phenolic OH excluding ortho intramolecular Hbond substituents is 2. The Morgan fingerprint density at radius 1 is 1.20 bits per heavy atom. The first-order chi connectivity index (χ1) is 9.58. The molecule has 1 heterocycles. The Morgan fingerprint density at radius 3 is 2.55 bits per heavy atom. The summed E-state index contributed by atoms with van der Waals surface area (Å²) in [7, 11) is 0. The van der Waals surface area contributed by atoms with Gasteiger partial charge in [0.15, 0.2) is 11.5 Å².